The standard InChI is InChI=1S/C24H24FN9/c1-27-16-8-14(25)7-15-20-22(32-21(15)16)30-18(6-13-9-28-19-2-5-29-34(19)10-13)31-23(20)33-11-17(26)24(12-33)3-4-24/h2,5,7-10,17,27H,3-4,6,11-12,26H2,1H3,(H,30,31,32). The molecule has 0 radical (unpaired) electrons. The van der Waals surface area contributed by atoms with Crippen molar-refractivity contribution in [3.05, 3.63) is 54.0 Å². The maximum Gasteiger partial charge on any atom is 0.154 e. The van der Waals surface area contributed by atoms with Gasteiger partial charge in [-0.3, -0.25) is 0 Å². The summed E-state index contributed by atoms with van der Waals surface area (Å²) in [6.45, 7) is 1.59. The Hall–Kier alpha value is -3.79. The first-order valence-electron chi connectivity index (χ1n) is 11.5. The molecule has 1 spiro atoms. The third kappa shape index (κ3) is 2.88. The second-order valence-corrected chi connectivity index (χ2v) is 9.56. The zero-order chi connectivity index (χ0) is 23.0. The molecule has 1 aromatic carbocycles. The van der Waals surface area contributed by atoms with Gasteiger partial charge in [-0.1, -0.05) is 0 Å². The number of benzene rings is 1. The first kappa shape index (κ1) is 19.7. The molecule has 5 aromatic rings. The van der Waals surface area contributed by atoms with Crippen molar-refractivity contribution in [3.63, 3.8) is 0 Å². The number of halogens is 1. The molecule has 1 aliphatic carbocycles. The smallest absolute Gasteiger partial charge is 0.154 e. The van der Waals surface area contributed by atoms with Crippen molar-refractivity contribution in [2.45, 2.75) is 25.3 Å². The van der Waals surface area contributed by atoms with Crippen LogP contribution in [0.4, 0.5) is 15.9 Å². The Labute approximate surface area is 194 Å². The number of nitrogens with zero attached hydrogens (tertiary/aromatic N) is 6. The number of anilines is 2. The highest BCUT2D eigenvalue weighted by molar-refractivity contribution is 6.14. The Morgan fingerprint density at radius 1 is 1.29 bits per heavy atom. The lowest BCUT2D eigenvalue weighted by atomic mass is 10.0. The quantitative estimate of drug-likeness (QED) is 0.380. The molecule has 4 aromatic heterocycles. The minimum absolute atomic E-state index is 0.113. The average molecular weight is 458 g/mol. The lowest BCUT2D eigenvalue weighted by Crippen LogP contribution is -2.30. The van der Waals surface area contributed by atoms with Crippen LogP contribution in [0.15, 0.2) is 36.8 Å². The summed E-state index contributed by atoms with van der Waals surface area (Å²) in [5.41, 5.74) is 10.6. The number of hydrogen-bond donors (Lipinski definition) is 3. The molecule has 34 heavy (non-hydrogen) atoms. The van der Waals surface area contributed by atoms with Gasteiger partial charge in [0.05, 0.1) is 22.8 Å². The number of fused-ring (bicyclic) bond motifs is 4. The summed E-state index contributed by atoms with van der Waals surface area (Å²) in [5.74, 6) is 1.17. The van der Waals surface area contributed by atoms with E-state index in [1.807, 2.05) is 18.5 Å². The van der Waals surface area contributed by atoms with Crippen LogP contribution < -0.4 is 16.0 Å². The van der Waals surface area contributed by atoms with Gasteiger partial charge in [0, 0.05) is 61.9 Å². The van der Waals surface area contributed by atoms with E-state index in [4.69, 9.17) is 15.7 Å². The normalized spacial score (nSPS) is 19.1. The summed E-state index contributed by atoms with van der Waals surface area (Å²) in [6.07, 6.45) is 8.29. The SMILES string of the molecule is CNc1cc(F)cc2c1[nH]c1nc(Cc3cnc4ccnn4c3)nc(N3CC(N)C4(CC4)C3)c12. The molecule has 172 valence electrons. The van der Waals surface area contributed by atoms with Gasteiger partial charge in [0.1, 0.15) is 23.1 Å². The van der Waals surface area contributed by atoms with Crippen LogP contribution in [0.5, 0.6) is 0 Å². The third-order valence-corrected chi connectivity index (χ3v) is 7.38. The molecule has 0 bridgehead atoms. The molecule has 1 saturated carbocycles. The number of nitrogens with one attached hydrogen (secondary N) is 2. The predicted octanol–water partition coefficient (Wildman–Crippen LogP) is 2.85. The van der Waals surface area contributed by atoms with E-state index in [1.165, 1.54) is 6.07 Å². The maximum atomic E-state index is 14.5. The summed E-state index contributed by atoms with van der Waals surface area (Å²) in [5, 5.41) is 8.97. The van der Waals surface area contributed by atoms with Crippen molar-refractivity contribution in [2.75, 3.05) is 30.4 Å². The highest BCUT2D eigenvalue weighted by atomic mass is 19.1. The molecular formula is C24H24FN9. The van der Waals surface area contributed by atoms with Gasteiger partial charge in [0.2, 0.25) is 0 Å². The molecule has 4 N–H and O–H groups in total. The lowest BCUT2D eigenvalue weighted by Gasteiger charge is -2.19. The van der Waals surface area contributed by atoms with Crippen LogP contribution in [0, 0.1) is 11.2 Å². The minimum atomic E-state index is -0.303. The van der Waals surface area contributed by atoms with Gasteiger partial charge in [-0.2, -0.15) is 5.10 Å². The van der Waals surface area contributed by atoms with Crippen LogP contribution in [-0.4, -0.2) is 55.7 Å². The Morgan fingerprint density at radius 3 is 2.97 bits per heavy atom. The Kier molecular flexibility index (Phi) is 3.97. The summed E-state index contributed by atoms with van der Waals surface area (Å²) in [4.78, 5) is 20.0. The minimum Gasteiger partial charge on any atom is -0.386 e. The van der Waals surface area contributed by atoms with E-state index in [1.54, 1.807) is 23.8 Å². The van der Waals surface area contributed by atoms with Crippen molar-refractivity contribution in [1.29, 1.82) is 0 Å². The van der Waals surface area contributed by atoms with Gasteiger partial charge < -0.3 is 20.9 Å². The molecule has 7 rings (SSSR count). The Morgan fingerprint density at radius 2 is 2.18 bits per heavy atom. The van der Waals surface area contributed by atoms with E-state index < -0.39 is 0 Å². The number of rotatable bonds is 4. The first-order chi connectivity index (χ1) is 16.5. The first-order valence-corrected chi connectivity index (χ1v) is 11.5. The van der Waals surface area contributed by atoms with E-state index in [9.17, 15) is 4.39 Å². The van der Waals surface area contributed by atoms with Crippen LogP contribution in [0.1, 0.15) is 24.2 Å². The van der Waals surface area contributed by atoms with Crippen molar-refractivity contribution in [3.8, 4) is 0 Å². The van der Waals surface area contributed by atoms with E-state index in [0.29, 0.717) is 23.6 Å². The number of hydrogen-bond acceptors (Lipinski definition) is 7. The molecule has 5 heterocycles. The van der Waals surface area contributed by atoms with Gasteiger partial charge in [-0.05, 0) is 30.5 Å². The van der Waals surface area contributed by atoms with Crippen LogP contribution in [0.2, 0.25) is 0 Å². The fourth-order valence-corrected chi connectivity index (χ4v) is 5.36. The van der Waals surface area contributed by atoms with Crippen LogP contribution in [-0.2, 0) is 6.42 Å². The fourth-order valence-electron chi connectivity index (χ4n) is 5.36. The fraction of sp³-hybridized carbons (Fsp3) is 0.333. The Bertz CT molecular complexity index is 1580. The molecular weight excluding hydrogens is 433 g/mol. The van der Waals surface area contributed by atoms with E-state index >= 15 is 0 Å². The molecule has 2 fully saturated rings. The maximum absolute atomic E-state index is 14.5. The summed E-state index contributed by atoms with van der Waals surface area (Å²) >= 11 is 0. The van der Waals surface area contributed by atoms with E-state index in [2.05, 4.69) is 25.3 Å². The monoisotopic (exact) mass is 457 g/mol. The van der Waals surface area contributed by atoms with Crippen LogP contribution in [0.25, 0.3) is 27.6 Å². The number of aromatic nitrogens is 6. The van der Waals surface area contributed by atoms with Crippen molar-refractivity contribution in [2.24, 2.45) is 11.1 Å². The topological polar surface area (TPSA) is 113 Å². The van der Waals surface area contributed by atoms with Gasteiger partial charge in [-0.15, -0.1) is 0 Å². The molecule has 9 nitrogen and oxygen atoms in total. The highest BCUT2D eigenvalue weighted by Gasteiger charge is 2.54. The van der Waals surface area contributed by atoms with Crippen molar-refractivity contribution < 1.29 is 4.39 Å². The average Bonchev–Trinajstić information content (AvgIpc) is 3.14. The zero-order valence-electron chi connectivity index (χ0n) is 18.7. The van der Waals surface area contributed by atoms with Gasteiger partial charge in [-0.25, -0.2) is 23.9 Å². The molecule has 10 heteroatoms. The molecule has 2 aliphatic rings. The zero-order valence-corrected chi connectivity index (χ0v) is 18.7. The van der Waals surface area contributed by atoms with Crippen molar-refractivity contribution in [1.82, 2.24) is 29.5 Å². The molecule has 1 saturated heterocycles. The second-order valence-electron chi connectivity index (χ2n) is 9.56. The highest BCUT2D eigenvalue weighted by Crippen LogP contribution is 2.53. The molecule has 1 aliphatic heterocycles. The summed E-state index contributed by atoms with van der Waals surface area (Å²) < 4.78 is 16.3. The van der Waals surface area contributed by atoms with Crippen molar-refractivity contribution >= 4 is 39.1 Å². The largest absolute Gasteiger partial charge is 0.386 e. The third-order valence-electron chi connectivity index (χ3n) is 7.38. The molecule has 1 atom stereocenters. The van der Waals surface area contributed by atoms with Gasteiger partial charge in [0.25, 0.3) is 0 Å². The van der Waals surface area contributed by atoms with E-state index in [-0.39, 0.29) is 17.3 Å². The van der Waals surface area contributed by atoms with Gasteiger partial charge in [0.15, 0.2) is 5.65 Å². The van der Waals surface area contributed by atoms with E-state index in [0.717, 1.165) is 59.2 Å². The molecule has 1 unspecified atom stereocenters. The van der Waals surface area contributed by atoms with Gasteiger partial charge >= 0.3 is 0 Å². The molecule has 0 amide bonds. The number of H-pyrrole nitrogens is 1. The summed E-state index contributed by atoms with van der Waals surface area (Å²) in [7, 11) is 1.78. The Balaban J connectivity index is 1.41. The number of aromatic amines is 1. The van der Waals surface area contributed by atoms with Crippen LogP contribution >= 0.6 is 0 Å². The summed E-state index contributed by atoms with van der Waals surface area (Å²) in [6, 6.07) is 5.02. The predicted molar refractivity (Wildman–Crippen MR) is 129 cm³/mol. The number of nitrogens with two attached hydrogens (primary N) is 1. The van der Waals surface area contributed by atoms with Crippen LogP contribution in [0.3, 0.4) is 0 Å². The lowest BCUT2D eigenvalue weighted by molar-refractivity contribution is 0.499. The second kappa shape index (κ2) is 6.86.